The van der Waals surface area contributed by atoms with Crippen LogP contribution in [0.5, 0.6) is 0 Å². The van der Waals surface area contributed by atoms with E-state index in [9.17, 15) is 4.79 Å². The van der Waals surface area contributed by atoms with Gasteiger partial charge in [0, 0.05) is 25.6 Å². The predicted molar refractivity (Wildman–Crippen MR) is 75.5 cm³/mol. The first-order valence-corrected chi connectivity index (χ1v) is 7.34. The van der Waals surface area contributed by atoms with Crippen LogP contribution in [0.4, 0.5) is 0 Å². The number of nitrogens with zero attached hydrogens (tertiary/aromatic N) is 1. The zero-order valence-corrected chi connectivity index (χ0v) is 11.3. The van der Waals surface area contributed by atoms with Crippen molar-refractivity contribution >= 4 is 5.91 Å². The first-order valence-electron chi connectivity index (χ1n) is 7.34. The van der Waals surface area contributed by atoms with Crippen LogP contribution in [0.2, 0.25) is 0 Å². The molecule has 1 fully saturated rings. The molecule has 3 nitrogen and oxygen atoms in total. The lowest BCUT2D eigenvalue weighted by molar-refractivity contribution is -0.133. The van der Waals surface area contributed by atoms with Crippen LogP contribution in [-0.2, 0) is 17.8 Å². The lowest BCUT2D eigenvalue weighted by atomic mass is 9.96. The molecule has 0 spiro atoms. The molecule has 102 valence electrons. The molecule has 1 aliphatic heterocycles. The van der Waals surface area contributed by atoms with Gasteiger partial charge in [-0.3, -0.25) is 4.79 Å². The van der Waals surface area contributed by atoms with Gasteiger partial charge in [0.1, 0.15) is 0 Å². The molecule has 2 atom stereocenters. The van der Waals surface area contributed by atoms with E-state index in [0.29, 0.717) is 12.3 Å². The van der Waals surface area contributed by atoms with Gasteiger partial charge in [0.2, 0.25) is 5.91 Å². The van der Waals surface area contributed by atoms with Crippen molar-refractivity contribution < 1.29 is 4.79 Å². The third kappa shape index (κ3) is 2.66. The van der Waals surface area contributed by atoms with Crippen molar-refractivity contribution in [3.63, 3.8) is 0 Å². The Morgan fingerprint density at radius 1 is 1.26 bits per heavy atom. The van der Waals surface area contributed by atoms with E-state index in [1.807, 2.05) is 4.90 Å². The van der Waals surface area contributed by atoms with Gasteiger partial charge in [0.25, 0.3) is 0 Å². The van der Waals surface area contributed by atoms with E-state index in [-0.39, 0.29) is 11.9 Å². The number of hydrogen-bond donors (Lipinski definition) is 1. The Hall–Kier alpha value is -1.35. The normalized spacial score (nSPS) is 26.3. The molecule has 2 N–H and O–H groups in total. The van der Waals surface area contributed by atoms with Crippen LogP contribution < -0.4 is 5.73 Å². The SMILES string of the molecule is N[C@@H]1CCC[C@H]1CC(=O)N1CCc2ccccc2C1. The maximum atomic E-state index is 12.4. The third-order valence-corrected chi connectivity index (χ3v) is 4.64. The summed E-state index contributed by atoms with van der Waals surface area (Å²) in [5, 5.41) is 0. The van der Waals surface area contributed by atoms with Gasteiger partial charge < -0.3 is 10.6 Å². The molecule has 0 saturated heterocycles. The van der Waals surface area contributed by atoms with Crippen molar-refractivity contribution in [2.45, 2.75) is 44.7 Å². The lowest BCUT2D eigenvalue weighted by Gasteiger charge is -2.30. The van der Waals surface area contributed by atoms with Gasteiger partial charge in [-0.2, -0.15) is 0 Å². The molecule has 2 aliphatic rings. The molecule has 1 heterocycles. The average Bonchev–Trinajstić information content (AvgIpc) is 2.84. The fourth-order valence-electron chi connectivity index (χ4n) is 3.38. The summed E-state index contributed by atoms with van der Waals surface area (Å²) in [5.41, 5.74) is 8.76. The summed E-state index contributed by atoms with van der Waals surface area (Å²) in [7, 11) is 0. The van der Waals surface area contributed by atoms with Crippen LogP contribution in [-0.4, -0.2) is 23.4 Å². The van der Waals surface area contributed by atoms with E-state index in [0.717, 1.165) is 32.4 Å². The van der Waals surface area contributed by atoms with E-state index in [1.165, 1.54) is 17.5 Å². The number of benzene rings is 1. The number of carbonyl (C=O) groups excluding carboxylic acids is 1. The number of hydrogen-bond acceptors (Lipinski definition) is 2. The Labute approximate surface area is 114 Å². The largest absolute Gasteiger partial charge is 0.338 e. The highest BCUT2D eigenvalue weighted by molar-refractivity contribution is 5.77. The van der Waals surface area contributed by atoms with E-state index in [2.05, 4.69) is 24.3 Å². The van der Waals surface area contributed by atoms with Crippen LogP contribution in [0.25, 0.3) is 0 Å². The molecule has 1 aromatic carbocycles. The molecule has 0 radical (unpaired) electrons. The van der Waals surface area contributed by atoms with Crippen molar-refractivity contribution in [2.24, 2.45) is 11.7 Å². The summed E-state index contributed by atoms with van der Waals surface area (Å²) in [5.74, 6) is 0.696. The van der Waals surface area contributed by atoms with Crippen LogP contribution in [0.3, 0.4) is 0 Å². The molecule has 0 aromatic heterocycles. The summed E-state index contributed by atoms with van der Waals surface area (Å²) in [6.45, 7) is 1.63. The fourth-order valence-corrected chi connectivity index (χ4v) is 3.38. The molecule has 1 amide bonds. The Bertz CT molecular complexity index is 472. The number of nitrogens with two attached hydrogens (primary N) is 1. The van der Waals surface area contributed by atoms with Gasteiger partial charge in [-0.05, 0) is 36.3 Å². The molecule has 3 rings (SSSR count). The minimum absolute atomic E-state index is 0.237. The molecular formula is C16H22N2O. The van der Waals surface area contributed by atoms with Crippen LogP contribution in [0.15, 0.2) is 24.3 Å². The summed E-state index contributed by atoms with van der Waals surface area (Å²) in [6.07, 6.45) is 5.02. The van der Waals surface area contributed by atoms with Gasteiger partial charge in [0.05, 0.1) is 0 Å². The second-order valence-electron chi connectivity index (χ2n) is 5.89. The van der Waals surface area contributed by atoms with Crippen LogP contribution in [0, 0.1) is 5.92 Å². The lowest BCUT2D eigenvalue weighted by Crippen LogP contribution is -2.38. The highest BCUT2D eigenvalue weighted by Crippen LogP contribution is 2.28. The summed E-state index contributed by atoms with van der Waals surface area (Å²) >= 11 is 0. The first kappa shape index (κ1) is 12.7. The van der Waals surface area contributed by atoms with Crippen LogP contribution in [0.1, 0.15) is 36.8 Å². The zero-order valence-electron chi connectivity index (χ0n) is 11.3. The topological polar surface area (TPSA) is 46.3 Å². The summed E-state index contributed by atoms with van der Waals surface area (Å²) < 4.78 is 0. The average molecular weight is 258 g/mol. The molecule has 0 unspecified atom stereocenters. The fraction of sp³-hybridized carbons (Fsp3) is 0.562. The minimum atomic E-state index is 0.237. The highest BCUT2D eigenvalue weighted by atomic mass is 16.2. The molecular weight excluding hydrogens is 236 g/mol. The predicted octanol–water partition coefficient (Wildman–Crippen LogP) is 2.09. The van der Waals surface area contributed by atoms with Crippen molar-refractivity contribution in [3.8, 4) is 0 Å². The summed E-state index contributed by atoms with van der Waals surface area (Å²) in [6, 6.07) is 8.68. The van der Waals surface area contributed by atoms with E-state index >= 15 is 0 Å². The second-order valence-corrected chi connectivity index (χ2v) is 5.89. The monoisotopic (exact) mass is 258 g/mol. The third-order valence-electron chi connectivity index (χ3n) is 4.64. The number of carbonyl (C=O) groups is 1. The van der Waals surface area contributed by atoms with E-state index in [1.54, 1.807) is 0 Å². The number of rotatable bonds is 2. The first-order chi connectivity index (χ1) is 9.24. The van der Waals surface area contributed by atoms with Gasteiger partial charge in [-0.25, -0.2) is 0 Å². The molecule has 19 heavy (non-hydrogen) atoms. The van der Waals surface area contributed by atoms with Crippen molar-refractivity contribution in [2.75, 3.05) is 6.54 Å². The Balaban J connectivity index is 1.63. The van der Waals surface area contributed by atoms with E-state index < -0.39 is 0 Å². The second kappa shape index (κ2) is 5.33. The summed E-state index contributed by atoms with van der Waals surface area (Å²) in [4.78, 5) is 14.4. The van der Waals surface area contributed by atoms with Gasteiger partial charge in [-0.1, -0.05) is 30.7 Å². The number of fused-ring (bicyclic) bond motifs is 1. The van der Waals surface area contributed by atoms with Crippen LogP contribution >= 0.6 is 0 Å². The molecule has 1 aliphatic carbocycles. The maximum Gasteiger partial charge on any atom is 0.223 e. The zero-order chi connectivity index (χ0) is 13.2. The number of amides is 1. The molecule has 3 heteroatoms. The van der Waals surface area contributed by atoms with E-state index in [4.69, 9.17) is 5.73 Å². The molecule has 1 aromatic rings. The quantitative estimate of drug-likeness (QED) is 0.883. The standard InChI is InChI=1S/C16H22N2O/c17-15-7-3-6-13(15)10-16(19)18-9-8-12-4-1-2-5-14(12)11-18/h1-2,4-5,13,15H,3,6-11,17H2/t13-,15+/m0/s1. The Morgan fingerprint density at radius 3 is 2.79 bits per heavy atom. The molecule has 0 bridgehead atoms. The van der Waals surface area contributed by atoms with Gasteiger partial charge in [-0.15, -0.1) is 0 Å². The maximum absolute atomic E-state index is 12.4. The van der Waals surface area contributed by atoms with Crippen molar-refractivity contribution in [1.82, 2.24) is 4.90 Å². The smallest absolute Gasteiger partial charge is 0.223 e. The highest BCUT2D eigenvalue weighted by Gasteiger charge is 2.29. The van der Waals surface area contributed by atoms with Crippen molar-refractivity contribution in [3.05, 3.63) is 35.4 Å². The molecule has 1 saturated carbocycles. The minimum Gasteiger partial charge on any atom is -0.338 e. The Morgan fingerprint density at radius 2 is 2.05 bits per heavy atom. The Kier molecular flexibility index (Phi) is 3.56. The van der Waals surface area contributed by atoms with Gasteiger partial charge in [0.15, 0.2) is 0 Å². The van der Waals surface area contributed by atoms with Gasteiger partial charge >= 0.3 is 0 Å². The van der Waals surface area contributed by atoms with Crippen molar-refractivity contribution in [1.29, 1.82) is 0 Å².